The molecule has 4 nitrogen and oxygen atoms in total. The number of aromatic hydroxyl groups is 1. The van der Waals surface area contributed by atoms with Gasteiger partial charge in [0.15, 0.2) is 16.6 Å². The van der Waals surface area contributed by atoms with Crippen LogP contribution in [0.15, 0.2) is 22.8 Å². The Balaban J connectivity index is 2.41. The SMILES string of the molecule is CCC(=O)c1sc(-c2ccco2)nc1O. The highest BCUT2D eigenvalue weighted by Crippen LogP contribution is 2.32. The Morgan fingerprint density at radius 3 is 3.07 bits per heavy atom. The van der Waals surface area contributed by atoms with Crippen molar-refractivity contribution in [3.05, 3.63) is 23.3 Å². The van der Waals surface area contributed by atoms with Gasteiger partial charge in [0.05, 0.1) is 6.26 Å². The molecule has 0 saturated carbocycles. The van der Waals surface area contributed by atoms with Crippen LogP contribution in [0.4, 0.5) is 0 Å². The molecule has 0 aliphatic rings. The van der Waals surface area contributed by atoms with Crippen molar-refractivity contribution in [2.24, 2.45) is 0 Å². The molecule has 0 radical (unpaired) electrons. The topological polar surface area (TPSA) is 63.3 Å². The van der Waals surface area contributed by atoms with Crippen LogP contribution in [0, 0.1) is 0 Å². The third kappa shape index (κ3) is 1.78. The van der Waals surface area contributed by atoms with Crippen LogP contribution in [0.5, 0.6) is 5.88 Å². The summed E-state index contributed by atoms with van der Waals surface area (Å²) in [4.78, 5) is 15.6. The molecule has 2 aromatic rings. The molecule has 0 unspecified atom stereocenters. The van der Waals surface area contributed by atoms with E-state index in [1.54, 1.807) is 19.1 Å². The molecule has 0 fully saturated rings. The number of Topliss-reactive ketones (excluding diaryl/α,β-unsaturated/α-hetero) is 1. The molecule has 78 valence electrons. The molecule has 0 saturated heterocycles. The molecular formula is C10H9NO3S. The van der Waals surface area contributed by atoms with Gasteiger partial charge in [-0.15, -0.1) is 11.3 Å². The monoisotopic (exact) mass is 223 g/mol. The minimum absolute atomic E-state index is 0.109. The number of ketones is 1. The first-order valence-electron chi connectivity index (χ1n) is 4.49. The van der Waals surface area contributed by atoms with Gasteiger partial charge in [-0.05, 0) is 12.1 Å². The first-order chi connectivity index (χ1) is 7.22. The van der Waals surface area contributed by atoms with Gasteiger partial charge in [-0.3, -0.25) is 4.79 Å². The smallest absolute Gasteiger partial charge is 0.233 e. The summed E-state index contributed by atoms with van der Waals surface area (Å²) >= 11 is 1.15. The van der Waals surface area contributed by atoms with E-state index in [0.29, 0.717) is 22.1 Å². The second kappa shape index (κ2) is 3.86. The average molecular weight is 223 g/mol. The molecule has 0 amide bonds. The minimum Gasteiger partial charge on any atom is -0.492 e. The van der Waals surface area contributed by atoms with Gasteiger partial charge in [0, 0.05) is 6.42 Å². The fourth-order valence-corrected chi connectivity index (χ4v) is 2.10. The third-order valence-corrected chi connectivity index (χ3v) is 3.02. The summed E-state index contributed by atoms with van der Waals surface area (Å²) in [7, 11) is 0. The summed E-state index contributed by atoms with van der Waals surface area (Å²) in [5.41, 5.74) is 0. The number of rotatable bonds is 3. The fourth-order valence-electron chi connectivity index (χ4n) is 1.16. The lowest BCUT2D eigenvalue weighted by Gasteiger charge is -1.89. The number of hydrogen-bond acceptors (Lipinski definition) is 5. The lowest BCUT2D eigenvalue weighted by atomic mass is 10.3. The van der Waals surface area contributed by atoms with Gasteiger partial charge in [0.2, 0.25) is 5.88 Å². The fraction of sp³-hybridized carbons (Fsp3) is 0.200. The molecule has 2 heterocycles. The summed E-state index contributed by atoms with van der Waals surface area (Å²) in [5, 5.41) is 9.99. The van der Waals surface area contributed by atoms with Crippen LogP contribution in [0.1, 0.15) is 23.0 Å². The molecular weight excluding hydrogens is 214 g/mol. The predicted molar refractivity (Wildman–Crippen MR) is 56.1 cm³/mol. The summed E-state index contributed by atoms with van der Waals surface area (Å²) in [6.45, 7) is 1.74. The first kappa shape index (κ1) is 9.92. The second-order valence-corrected chi connectivity index (χ2v) is 3.92. The van der Waals surface area contributed by atoms with Gasteiger partial charge in [0.1, 0.15) is 4.88 Å². The number of aromatic nitrogens is 1. The number of carbonyl (C=O) groups is 1. The van der Waals surface area contributed by atoms with E-state index >= 15 is 0 Å². The van der Waals surface area contributed by atoms with Gasteiger partial charge < -0.3 is 9.52 Å². The number of nitrogens with zero attached hydrogens (tertiary/aromatic N) is 1. The number of carbonyl (C=O) groups excluding carboxylic acids is 1. The molecule has 0 spiro atoms. The van der Waals surface area contributed by atoms with Crippen molar-refractivity contribution in [2.45, 2.75) is 13.3 Å². The van der Waals surface area contributed by atoms with E-state index in [0.717, 1.165) is 11.3 Å². The molecule has 0 aliphatic heterocycles. The van der Waals surface area contributed by atoms with Crippen LogP contribution >= 0.6 is 11.3 Å². The van der Waals surface area contributed by atoms with E-state index in [1.165, 1.54) is 6.26 Å². The van der Waals surface area contributed by atoms with Gasteiger partial charge in [-0.2, -0.15) is 4.98 Å². The first-order valence-corrected chi connectivity index (χ1v) is 5.31. The van der Waals surface area contributed by atoms with Gasteiger partial charge in [0.25, 0.3) is 0 Å². The summed E-state index contributed by atoms with van der Waals surface area (Å²) in [5.74, 6) is 0.242. The average Bonchev–Trinajstić information content (AvgIpc) is 2.84. The maximum atomic E-state index is 11.4. The molecule has 15 heavy (non-hydrogen) atoms. The van der Waals surface area contributed by atoms with Crippen LogP contribution in [-0.4, -0.2) is 15.9 Å². The number of hydrogen-bond donors (Lipinski definition) is 1. The molecule has 5 heteroatoms. The van der Waals surface area contributed by atoms with Crippen molar-refractivity contribution in [3.63, 3.8) is 0 Å². The van der Waals surface area contributed by atoms with Crippen molar-refractivity contribution < 1.29 is 14.3 Å². The lowest BCUT2D eigenvalue weighted by Crippen LogP contribution is -1.92. The third-order valence-electron chi connectivity index (χ3n) is 1.92. The lowest BCUT2D eigenvalue weighted by molar-refractivity contribution is 0.0989. The zero-order valence-corrected chi connectivity index (χ0v) is 8.87. The van der Waals surface area contributed by atoms with Crippen molar-refractivity contribution in [1.82, 2.24) is 4.98 Å². The molecule has 0 bridgehead atoms. The van der Waals surface area contributed by atoms with E-state index in [2.05, 4.69) is 4.98 Å². The van der Waals surface area contributed by atoms with Gasteiger partial charge in [-0.1, -0.05) is 6.92 Å². The highest BCUT2D eigenvalue weighted by atomic mass is 32.1. The van der Waals surface area contributed by atoms with E-state index < -0.39 is 0 Å². The van der Waals surface area contributed by atoms with Crippen molar-refractivity contribution >= 4 is 17.1 Å². The standard InChI is InChI=1S/C10H9NO3S/c1-2-6(12)8-9(13)11-10(15-8)7-4-3-5-14-7/h3-5,13H,2H2,1H3. The van der Waals surface area contributed by atoms with Gasteiger partial charge >= 0.3 is 0 Å². The maximum absolute atomic E-state index is 11.4. The van der Waals surface area contributed by atoms with E-state index in [9.17, 15) is 9.90 Å². The van der Waals surface area contributed by atoms with E-state index in [1.807, 2.05) is 0 Å². The molecule has 1 N–H and O–H groups in total. The Bertz CT molecular complexity index is 473. The second-order valence-electron chi connectivity index (χ2n) is 2.93. The van der Waals surface area contributed by atoms with Crippen molar-refractivity contribution in [2.75, 3.05) is 0 Å². The van der Waals surface area contributed by atoms with Crippen LogP contribution in [0.3, 0.4) is 0 Å². The van der Waals surface area contributed by atoms with Crippen LogP contribution < -0.4 is 0 Å². The largest absolute Gasteiger partial charge is 0.492 e. The maximum Gasteiger partial charge on any atom is 0.233 e. The molecule has 0 aliphatic carbocycles. The minimum atomic E-state index is -0.210. The predicted octanol–water partition coefficient (Wildman–Crippen LogP) is 2.70. The van der Waals surface area contributed by atoms with Crippen LogP contribution in [-0.2, 0) is 0 Å². The highest BCUT2D eigenvalue weighted by Gasteiger charge is 2.17. The Hall–Kier alpha value is -1.62. The Morgan fingerprint density at radius 1 is 1.67 bits per heavy atom. The van der Waals surface area contributed by atoms with Crippen molar-refractivity contribution in [1.29, 1.82) is 0 Å². The molecule has 2 aromatic heterocycles. The summed E-state index contributed by atoms with van der Waals surface area (Å²) in [6, 6.07) is 3.47. The molecule has 2 rings (SSSR count). The zero-order chi connectivity index (χ0) is 10.8. The molecule has 0 aromatic carbocycles. The zero-order valence-electron chi connectivity index (χ0n) is 8.06. The van der Waals surface area contributed by atoms with E-state index in [4.69, 9.17) is 4.42 Å². The van der Waals surface area contributed by atoms with Gasteiger partial charge in [-0.25, -0.2) is 0 Å². The summed E-state index contributed by atoms with van der Waals surface area (Å²) < 4.78 is 5.13. The van der Waals surface area contributed by atoms with Crippen LogP contribution in [0.2, 0.25) is 0 Å². The normalized spacial score (nSPS) is 10.5. The van der Waals surface area contributed by atoms with E-state index in [-0.39, 0.29) is 11.7 Å². The number of thiazole rings is 1. The van der Waals surface area contributed by atoms with Crippen molar-refractivity contribution in [3.8, 4) is 16.6 Å². The number of furan rings is 1. The Morgan fingerprint density at radius 2 is 2.47 bits per heavy atom. The Kier molecular flexibility index (Phi) is 2.55. The Labute approximate surface area is 90.2 Å². The quantitative estimate of drug-likeness (QED) is 0.812. The van der Waals surface area contributed by atoms with Crippen LogP contribution in [0.25, 0.3) is 10.8 Å². The molecule has 0 atom stereocenters. The highest BCUT2D eigenvalue weighted by molar-refractivity contribution is 7.17. The summed E-state index contributed by atoms with van der Waals surface area (Å²) in [6.07, 6.45) is 1.88.